The van der Waals surface area contributed by atoms with Gasteiger partial charge in [-0.05, 0) is 66.1 Å². The molecule has 1 rings (SSSR count). The van der Waals surface area contributed by atoms with Crippen molar-refractivity contribution in [2.45, 2.75) is 92.7 Å². The molecule has 142 valence electrons. The summed E-state index contributed by atoms with van der Waals surface area (Å²) in [6.45, 7) is 22.1. The molecule has 0 saturated carbocycles. The quantitative estimate of drug-likeness (QED) is 0.677. The van der Waals surface area contributed by atoms with Crippen LogP contribution in [-0.2, 0) is 4.79 Å². The van der Waals surface area contributed by atoms with E-state index < -0.39 is 0 Å². The number of carbonyl (C=O) groups is 1. The summed E-state index contributed by atoms with van der Waals surface area (Å²) in [5.41, 5.74) is 0.0600. The zero-order chi connectivity index (χ0) is 18.5. The SMILES string of the molecule is CCC(CCN(CC)C(C)(C)C)N1CCC(C(=O)C(C)(C)C)CC1. The molecule has 1 atom stereocenters. The number of rotatable bonds is 7. The lowest BCUT2D eigenvalue weighted by atomic mass is 9.78. The van der Waals surface area contributed by atoms with Gasteiger partial charge in [-0.2, -0.15) is 0 Å². The predicted molar refractivity (Wildman–Crippen MR) is 104 cm³/mol. The molecule has 1 aliphatic heterocycles. The standard InChI is InChI=1S/C21H42N2O/c1-9-18(13-16-23(10-2)21(6,7)8)22-14-11-17(12-15-22)19(24)20(3,4)5/h17-18H,9-16H2,1-8H3. The van der Waals surface area contributed by atoms with Crippen LogP contribution in [0.15, 0.2) is 0 Å². The van der Waals surface area contributed by atoms with Gasteiger partial charge in [-0.3, -0.25) is 9.69 Å². The van der Waals surface area contributed by atoms with Gasteiger partial charge in [0.25, 0.3) is 0 Å². The average molecular weight is 339 g/mol. The highest BCUT2D eigenvalue weighted by molar-refractivity contribution is 5.86. The highest BCUT2D eigenvalue weighted by atomic mass is 16.1. The fraction of sp³-hybridized carbons (Fsp3) is 0.952. The zero-order valence-electron chi connectivity index (χ0n) is 17.6. The van der Waals surface area contributed by atoms with Gasteiger partial charge in [0.15, 0.2) is 0 Å². The van der Waals surface area contributed by atoms with Crippen LogP contribution in [0.3, 0.4) is 0 Å². The van der Waals surface area contributed by atoms with Gasteiger partial charge in [-0.25, -0.2) is 0 Å². The van der Waals surface area contributed by atoms with Crippen molar-refractivity contribution in [1.82, 2.24) is 9.80 Å². The first-order valence-corrected chi connectivity index (χ1v) is 10.0. The molecule has 0 spiro atoms. The van der Waals surface area contributed by atoms with E-state index >= 15 is 0 Å². The van der Waals surface area contributed by atoms with Crippen molar-refractivity contribution in [2.75, 3.05) is 26.2 Å². The Morgan fingerprint density at radius 2 is 1.62 bits per heavy atom. The van der Waals surface area contributed by atoms with Gasteiger partial charge >= 0.3 is 0 Å². The molecule has 0 bridgehead atoms. The van der Waals surface area contributed by atoms with Crippen LogP contribution >= 0.6 is 0 Å². The van der Waals surface area contributed by atoms with E-state index in [9.17, 15) is 4.79 Å². The average Bonchev–Trinajstić information content (AvgIpc) is 2.49. The molecule has 0 amide bonds. The Kier molecular flexibility index (Phi) is 7.93. The first-order valence-electron chi connectivity index (χ1n) is 10.0. The van der Waals surface area contributed by atoms with E-state index in [0.717, 1.165) is 32.5 Å². The van der Waals surface area contributed by atoms with Crippen LogP contribution in [0.25, 0.3) is 0 Å². The molecule has 1 fully saturated rings. The molecule has 1 heterocycles. The van der Waals surface area contributed by atoms with Crippen LogP contribution in [0, 0.1) is 11.3 Å². The van der Waals surface area contributed by atoms with E-state index in [1.165, 1.54) is 19.4 Å². The number of carbonyl (C=O) groups excluding carboxylic acids is 1. The molecule has 1 saturated heterocycles. The van der Waals surface area contributed by atoms with E-state index in [4.69, 9.17) is 0 Å². The second-order valence-corrected chi connectivity index (χ2v) is 9.53. The Labute approximate surface area is 151 Å². The minimum atomic E-state index is -0.189. The molecule has 0 radical (unpaired) electrons. The number of Topliss-reactive ketones (excluding diaryl/α,β-unsaturated/α-hetero) is 1. The molecular formula is C21H42N2O. The summed E-state index contributed by atoms with van der Waals surface area (Å²) < 4.78 is 0. The summed E-state index contributed by atoms with van der Waals surface area (Å²) in [7, 11) is 0. The van der Waals surface area contributed by atoms with Crippen LogP contribution in [-0.4, -0.2) is 53.3 Å². The maximum Gasteiger partial charge on any atom is 0.141 e. The number of likely N-dealkylation sites (tertiary alicyclic amines) is 1. The smallest absolute Gasteiger partial charge is 0.141 e. The Bertz CT molecular complexity index is 384. The first-order chi connectivity index (χ1) is 11.0. The highest BCUT2D eigenvalue weighted by Crippen LogP contribution is 2.29. The van der Waals surface area contributed by atoms with Gasteiger partial charge in [0.05, 0.1) is 0 Å². The predicted octanol–water partition coefficient (Wildman–Crippen LogP) is 4.60. The van der Waals surface area contributed by atoms with Gasteiger partial charge in [-0.15, -0.1) is 0 Å². The molecule has 3 heteroatoms. The van der Waals surface area contributed by atoms with Gasteiger partial charge in [0.2, 0.25) is 0 Å². The lowest BCUT2D eigenvalue weighted by molar-refractivity contribution is -0.132. The monoisotopic (exact) mass is 338 g/mol. The van der Waals surface area contributed by atoms with Gasteiger partial charge in [0, 0.05) is 29.5 Å². The van der Waals surface area contributed by atoms with Crippen LogP contribution in [0.1, 0.15) is 81.1 Å². The van der Waals surface area contributed by atoms with Crippen LogP contribution in [0.4, 0.5) is 0 Å². The summed E-state index contributed by atoms with van der Waals surface area (Å²) in [5, 5.41) is 0. The molecule has 0 aromatic rings. The van der Waals surface area contributed by atoms with Crippen molar-refractivity contribution in [3.05, 3.63) is 0 Å². The van der Waals surface area contributed by atoms with Crippen molar-refractivity contribution >= 4 is 5.78 Å². The van der Waals surface area contributed by atoms with Gasteiger partial charge in [0.1, 0.15) is 5.78 Å². The van der Waals surface area contributed by atoms with Crippen molar-refractivity contribution in [3.63, 3.8) is 0 Å². The van der Waals surface area contributed by atoms with E-state index in [2.05, 4.69) is 65.2 Å². The molecule has 0 aromatic heterocycles. The van der Waals surface area contributed by atoms with Crippen molar-refractivity contribution in [2.24, 2.45) is 11.3 Å². The topological polar surface area (TPSA) is 23.6 Å². The number of ketones is 1. The summed E-state index contributed by atoms with van der Waals surface area (Å²) in [6.07, 6.45) is 4.53. The second-order valence-electron chi connectivity index (χ2n) is 9.53. The third-order valence-corrected chi connectivity index (χ3v) is 5.69. The molecule has 1 unspecified atom stereocenters. The van der Waals surface area contributed by atoms with Crippen molar-refractivity contribution in [1.29, 1.82) is 0 Å². The molecule has 1 aliphatic rings. The molecule has 0 aliphatic carbocycles. The number of hydrogen-bond acceptors (Lipinski definition) is 3. The maximum atomic E-state index is 12.5. The fourth-order valence-corrected chi connectivity index (χ4v) is 4.06. The third-order valence-electron chi connectivity index (χ3n) is 5.69. The van der Waals surface area contributed by atoms with E-state index in [-0.39, 0.29) is 16.9 Å². The van der Waals surface area contributed by atoms with Crippen molar-refractivity contribution < 1.29 is 4.79 Å². The summed E-state index contributed by atoms with van der Waals surface area (Å²) >= 11 is 0. The maximum absolute atomic E-state index is 12.5. The fourth-order valence-electron chi connectivity index (χ4n) is 4.06. The van der Waals surface area contributed by atoms with E-state index in [1.807, 2.05) is 0 Å². The summed E-state index contributed by atoms with van der Waals surface area (Å²) in [4.78, 5) is 17.7. The van der Waals surface area contributed by atoms with Crippen molar-refractivity contribution in [3.8, 4) is 0 Å². The van der Waals surface area contributed by atoms with E-state index in [0.29, 0.717) is 11.8 Å². The van der Waals surface area contributed by atoms with Crippen LogP contribution in [0.2, 0.25) is 0 Å². The van der Waals surface area contributed by atoms with Crippen LogP contribution in [0.5, 0.6) is 0 Å². The first kappa shape index (κ1) is 21.6. The summed E-state index contributed by atoms with van der Waals surface area (Å²) in [5.74, 6) is 0.737. The highest BCUT2D eigenvalue weighted by Gasteiger charge is 2.33. The Balaban J connectivity index is 2.53. The minimum absolute atomic E-state index is 0.189. The Morgan fingerprint density at radius 1 is 1.08 bits per heavy atom. The van der Waals surface area contributed by atoms with Gasteiger partial charge in [-0.1, -0.05) is 34.6 Å². The molecule has 0 N–H and O–H groups in total. The molecular weight excluding hydrogens is 296 g/mol. The Morgan fingerprint density at radius 3 is 2.00 bits per heavy atom. The van der Waals surface area contributed by atoms with Crippen LogP contribution < -0.4 is 0 Å². The number of nitrogens with zero attached hydrogens (tertiary/aromatic N) is 2. The number of hydrogen-bond donors (Lipinski definition) is 0. The zero-order valence-corrected chi connectivity index (χ0v) is 17.6. The number of piperidine rings is 1. The molecule has 0 aromatic carbocycles. The molecule has 3 nitrogen and oxygen atoms in total. The lowest BCUT2D eigenvalue weighted by Crippen LogP contribution is -2.47. The minimum Gasteiger partial charge on any atom is -0.300 e. The Hall–Kier alpha value is -0.410. The van der Waals surface area contributed by atoms with E-state index in [1.54, 1.807) is 0 Å². The molecule has 24 heavy (non-hydrogen) atoms. The lowest BCUT2D eigenvalue weighted by Gasteiger charge is -2.40. The summed E-state index contributed by atoms with van der Waals surface area (Å²) in [6, 6.07) is 0.659. The third kappa shape index (κ3) is 6.15. The largest absolute Gasteiger partial charge is 0.300 e. The van der Waals surface area contributed by atoms with Gasteiger partial charge < -0.3 is 4.90 Å². The second kappa shape index (κ2) is 8.80. The normalized spacial score (nSPS) is 19.7.